The largest absolute Gasteiger partial charge is 0.459 e. The number of aryl methyl sites for hydroxylation is 1. The Morgan fingerprint density at radius 3 is 2.71 bits per heavy atom. The highest BCUT2D eigenvalue weighted by Crippen LogP contribution is 2.21. The Balaban J connectivity index is 2.11. The van der Waals surface area contributed by atoms with Gasteiger partial charge in [0.05, 0.1) is 6.26 Å². The number of nitrogens with two attached hydrogens (primary N) is 1. The number of carbonyl (C=O) groups excluding carboxylic acids is 2. The van der Waals surface area contributed by atoms with E-state index in [2.05, 4.69) is 10.6 Å². The van der Waals surface area contributed by atoms with Gasteiger partial charge in [-0.2, -0.15) is 0 Å². The zero-order valence-electron chi connectivity index (χ0n) is 11.7. The van der Waals surface area contributed by atoms with Crippen molar-refractivity contribution in [2.45, 2.75) is 13.3 Å². The molecule has 0 aliphatic carbocycles. The van der Waals surface area contributed by atoms with Gasteiger partial charge < -0.3 is 20.8 Å². The van der Waals surface area contributed by atoms with Crippen molar-refractivity contribution in [2.75, 3.05) is 17.2 Å². The Morgan fingerprint density at radius 2 is 2.05 bits per heavy atom. The maximum Gasteiger partial charge on any atom is 0.291 e. The highest BCUT2D eigenvalue weighted by molar-refractivity contribution is 6.02. The van der Waals surface area contributed by atoms with Crippen molar-refractivity contribution in [1.29, 1.82) is 0 Å². The van der Waals surface area contributed by atoms with Crippen molar-refractivity contribution in [1.82, 2.24) is 0 Å². The van der Waals surface area contributed by atoms with Crippen molar-refractivity contribution in [3.8, 4) is 0 Å². The van der Waals surface area contributed by atoms with E-state index in [-0.39, 0.29) is 24.0 Å². The molecular weight excluding hydrogens is 270 g/mol. The number of hydrogen-bond acceptors (Lipinski definition) is 4. The molecule has 4 N–H and O–H groups in total. The van der Waals surface area contributed by atoms with Crippen LogP contribution in [0.3, 0.4) is 0 Å². The van der Waals surface area contributed by atoms with E-state index in [0.717, 1.165) is 5.56 Å². The normalized spacial score (nSPS) is 10.2. The van der Waals surface area contributed by atoms with Crippen LogP contribution in [0.5, 0.6) is 0 Å². The first-order chi connectivity index (χ1) is 10.1. The Hall–Kier alpha value is -2.60. The number of carbonyl (C=O) groups is 2. The molecule has 6 nitrogen and oxygen atoms in total. The number of anilines is 2. The number of hydrogen-bond donors (Lipinski definition) is 3. The van der Waals surface area contributed by atoms with Gasteiger partial charge in [-0.05, 0) is 36.8 Å². The summed E-state index contributed by atoms with van der Waals surface area (Å²) in [7, 11) is 0. The molecule has 110 valence electrons. The topological polar surface area (TPSA) is 97.4 Å². The van der Waals surface area contributed by atoms with Gasteiger partial charge in [-0.25, -0.2) is 0 Å². The van der Waals surface area contributed by atoms with Crippen molar-refractivity contribution in [3.05, 3.63) is 47.9 Å². The minimum absolute atomic E-state index is 0.157. The smallest absolute Gasteiger partial charge is 0.291 e. The van der Waals surface area contributed by atoms with Crippen LogP contribution in [0.25, 0.3) is 0 Å². The van der Waals surface area contributed by atoms with E-state index in [1.165, 1.54) is 6.26 Å². The van der Waals surface area contributed by atoms with Gasteiger partial charge in [-0.1, -0.05) is 6.07 Å². The first kappa shape index (κ1) is 14.8. The van der Waals surface area contributed by atoms with E-state index in [9.17, 15) is 9.59 Å². The van der Waals surface area contributed by atoms with Crippen LogP contribution in [0.1, 0.15) is 22.5 Å². The fraction of sp³-hybridized carbons (Fsp3) is 0.200. The van der Waals surface area contributed by atoms with Gasteiger partial charge >= 0.3 is 0 Å². The fourth-order valence-corrected chi connectivity index (χ4v) is 1.78. The average molecular weight is 287 g/mol. The molecular formula is C15H17N3O3. The number of rotatable bonds is 5. The molecule has 0 unspecified atom stereocenters. The van der Waals surface area contributed by atoms with Crippen LogP contribution in [0.4, 0.5) is 11.4 Å². The molecule has 0 saturated carbocycles. The highest BCUT2D eigenvalue weighted by Gasteiger charge is 2.10. The zero-order valence-corrected chi connectivity index (χ0v) is 11.7. The van der Waals surface area contributed by atoms with Crippen LogP contribution in [0, 0.1) is 6.92 Å². The van der Waals surface area contributed by atoms with Gasteiger partial charge in [-0.15, -0.1) is 0 Å². The van der Waals surface area contributed by atoms with Gasteiger partial charge in [0.2, 0.25) is 5.91 Å². The lowest BCUT2D eigenvalue weighted by molar-refractivity contribution is -0.116. The van der Waals surface area contributed by atoms with Crippen LogP contribution in [-0.4, -0.2) is 18.4 Å². The predicted octanol–water partition coefficient (Wildman–Crippen LogP) is 2.13. The van der Waals surface area contributed by atoms with E-state index in [4.69, 9.17) is 10.2 Å². The van der Waals surface area contributed by atoms with Crippen LogP contribution < -0.4 is 16.4 Å². The summed E-state index contributed by atoms with van der Waals surface area (Å²) in [6, 6.07) is 8.49. The molecule has 0 fully saturated rings. The molecule has 6 heteroatoms. The van der Waals surface area contributed by atoms with Gasteiger partial charge in [0.15, 0.2) is 5.76 Å². The molecule has 0 spiro atoms. The SMILES string of the molecule is Cc1ccc(NC(=O)c2ccco2)cc1NC(=O)CCN. The Kier molecular flexibility index (Phi) is 4.73. The van der Waals surface area contributed by atoms with Crippen LogP contribution in [0.2, 0.25) is 0 Å². The highest BCUT2D eigenvalue weighted by atomic mass is 16.3. The van der Waals surface area contributed by atoms with Crippen LogP contribution in [0.15, 0.2) is 41.0 Å². The number of furan rings is 1. The first-order valence-corrected chi connectivity index (χ1v) is 6.55. The Bertz CT molecular complexity index is 636. The molecule has 2 aromatic rings. The molecule has 0 radical (unpaired) electrons. The summed E-state index contributed by atoms with van der Waals surface area (Å²) in [5.74, 6) is -0.275. The molecule has 0 atom stereocenters. The summed E-state index contributed by atoms with van der Waals surface area (Å²) < 4.78 is 5.02. The summed E-state index contributed by atoms with van der Waals surface area (Å²) in [5, 5.41) is 5.47. The summed E-state index contributed by atoms with van der Waals surface area (Å²) in [6.07, 6.45) is 1.69. The fourth-order valence-electron chi connectivity index (χ4n) is 1.78. The quantitative estimate of drug-likeness (QED) is 0.784. The minimum Gasteiger partial charge on any atom is -0.459 e. The number of benzene rings is 1. The van der Waals surface area contributed by atoms with Gasteiger partial charge in [0.25, 0.3) is 5.91 Å². The van der Waals surface area contributed by atoms with Gasteiger partial charge in [0, 0.05) is 24.3 Å². The van der Waals surface area contributed by atoms with Crippen molar-refractivity contribution in [2.24, 2.45) is 5.73 Å². The van der Waals surface area contributed by atoms with Crippen molar-refractivity contribution >= 4 is 23.2 Å². The van der Waals surface area contributed by atoms with E-state index in [1.54, 1.807) is 24.3 Å². The summed E-state index contributed by atoms with van der Waals surface area (Å²) in [4.78, 5) is 23.5. The third kappa shape index (κ3) is 3.93. The third-order valence-electron chi connectivity index (χ3n) is 2.89. The van der Waals surface area contributed by atoms with Crippen LogP contribution in [-0.2, 0) is 4.79 Å². The molecule has 1 aromatic heterocycles. The Morgan fingerprint density at radius 1 is 1.24 bits per heavy atom. The molecule has 1 aromatic carbocycles. The third-order valence-corrected chi connectivity index (χ3v) is 2.89. The minimum atomic E-state index is -0.344. The summed E-state index contributed by atoms with van der Waals surface area (Å²) in [5.41, 5.74) is 7.46. The first-order valence-electron chi connectivity index (χ1n) is 6.55. The van der Waals surface area contributed by atoms with Crippen molar-refractivity contribution in [3.63, 3.8) is 0 Å². The second kappa shape index (κ2) is 6.71. The maximum absolute atomic E-state index is 11.9. The van der Waals surface area contributed by atoms with E-state index in [0.29, 0.717) is 17.9 Å². The van der Waals surface area contributed by atoms with Gasteiger partial charge in [-0.3, -0.25) is 9.59 Å². The monoisotopic (exact) mass is 287 g/mol. The molecule has 0 bridgehead atoms. The van der Waals surface area contributed by atoms with E-state index >= 15 is 0 Å². The molecule has 21 heavy (non-hydrogen) atoms. The molecule has 0 aliphatic heterocycles. The molecule has 0 saturated heterocycles. The standard InChI is InChI=1S/C15H17N3O3/c1-10-4-5-11(9-12(10)18-14(19)6-7-16)17-15(20)13-3-2-8-21-13/h2-5,8-9H,6-7,16H2,1H3,(H,17,20)(H,18,19). The molecule has 2 amide bonds. The second-order valence-corrected chi connectivity index (χ2v) is 4.55. The lowest BCUT2D eigenvalue weighted by Gasteiger charge is -2.11. The second-order valence-electron chi connectivity index (χ2n) is 4.55. The number of nitrogens with one attached hydrogen (secondary N) is 2. The molecule has 1 heterocycles. The van der Waals surface area contributed by atoms with Crippen LogP contribution >= 0.6 is 0 Å². The number of amides is 2. The lowest BCUT2D eigenvalue weighted by atomic mass is 10.1. The van der Waals surface area contributed by atoms with E-state index in [1.807, 2.05) is 13.0 Å². The Labute approximate surface area is 122 Å². The summed E-state index contributed by atoms with van der Waals surface area (Å²) in [6.45, 7) is 2.16. The predicted molar refractivity (Wildman–Crippen MR) is 80.1 cm³/mol. The summed E-state index contributed by atoms with van der Waals surface area (Å²) >= 11 is 0. The maximum atomic E-state index is 11.9. The van der Waals surface area contributed by atoms with E-state index < -0.39 is 0 Å². The average Bonchev–Trinajstić information content (AvgIpc) is 2.97. The molecule has 0 aliphatic rings. The van der Waals surface area contributed by atoms with Crippen molar-refractivity contribution < 1.29 is 14.0 Å². The van der Waals surface area contributed by atoms with Gasteiger partial charge in [0.1, 0.15) is 0 Å². The lowest BCUT2D eigenvalue weighted by Crippen LogP contribution is -2.17. The molecule has 2 rings (SSSR count). The zero-order chi connectivity index (χ0) is 15.2.